The van der Waals surface area contributed by atoms with Crippen molar-refractivity contribution >= 4 is 57.4 Å². The summed E-state index contributed by atoms with van der Waals surface area (Å²) in [5.74, 6) is 4.50. The number of piperazine rings is 1. The molecular formula is C41H56N8O7S3. The van der Waals surface area contributed by atoms with Crippen molar-refractivity contribution in [2.24, 2.45) is 0 Å². The summed E-state index contributed by atoms with van der Waals surface area (Å²) in [6.07, 6.45) is -0.454. The summed E-state index contributed by atoms with van der Waals surface area (Å²) in [6, 6.07) is 17.6. The maximum Gasteiger partial charge on any atom is 0.411 e. The first-order valence-corrected chi connectivity index (χ1v) is 23.9. The Morgan fingerprint density at radius 2 is 1.54 bits per heavy atom. The number of hydrogen-bond acceptors (Lipinski definition) is 13. The standard InChI is InChI=1S/C22H30N6OS.C19H26N2O6S2/c1-17-13-21(28(24-17)18-5-3-2-4-6-18)26-9-7-25(8-10-26)19-14-20(23-15-19)22(29)27-11-12-30-16-27;1-19(2,3)26-18(23)21-12-14(11-16(21)17(22)20-9-10-28-13-20)27-29(24,25)15-7-5-4-6-8-15/h2-6,13,19-20,23H,7-12,14-16H2,1H3;4-8,14,16H,9-13H2,1-3H3/t19-,20-;14-,16+/m00/s1/i2D;. The zero-order valence-corrected chi connectivity index (χ0v) is 36.6. The molecule has 15 nitrogen and oxygen atoms in total. The van der Waals surface area contributed by atoms with E-state index in [4.69, 9.17) is 15.4 Å². The van der Waals surface area contributed by atoms with Crippen LogP contribution in [0.1, 0.15) is 40.7 Å². The number of anilines is 1. The van der Waals surface area contributed by atoms with Crippen LogP contribution >= 0.6 is 23.5 Å². The summed E-state index contributed by atoms with van der Waals surface area (Å²) < 4.78 is 45.7. The Hall–Kier alpha value is -3.81. The van der Waals surface area contributed by atoms with Crippen LogP contribution in [0.25, 0.3) is 5.69 Å². The fourth-order valence-corrected chi connectivity index (χ4v) is 11.0. The molecule has 0 unspecified atom stereocenters. The topological polar surface area (TPSA) is 150 Å². The molecule has 320 valence electrons. The van der Waals surface area contributed by atoms with Gasteiger partial charge in [0.05, 0.1) is 48.1 Å². The molecule has 0 bridgehead atoms. The average Bonchev–Trinajstić information content (AvgIpc) is 4.08. The summed E-state index contributed by atoms with van der Waals surface area (Å²) >= 11 is 3.48. The molecule has 5 saturated heterocycles. The number of aromatic nitrogens is 2. The zero-order chi connectivity index (χ0) is 42.6. The zero-order valence-electron chi connectivity index (χ0n) is 35.2. The monoisotopic (exact) mass is 869 g/mol. The predicted molar refractivity (Wildman–Crippen MR) is 230 cm³/mol. The highest BCUT2D eigenvalue weighted by molar-refractivity contribution is 7.99. The second-order valence-electron chi connectivity index (χ2n) is 16.3. The minimum Gasteiger partial charge on any atom is -0.444 e. The Bertz CT molecular complexity index is 2070. The van der Waals surface area contributed by atoms with Gasteiger partial charge in [0.25, 0.3) is 10.1 Å². The second kappa shape index (κ2) is 18.8. The lowest BCUT2D eigenvalue weighted by Gasteiger charge is -2.38. The van der Waals surface area contributed by atoms with Gasteiger partial charge < -0.3 is 24.8 Å². The summed E-state index contributed by atoms with van der Waals surface area (Å²) in [5, 5.41) is 8.17. The lowest BCUT2D eigenvalue weighted by Crippen LogP contribution is -2.51. The average molecular weight is 870 g/mol. The Labute approximate surface area is 357 Å². The minimum absolute atomic E-state index is 0.0224. The highest BCUT2D eigenvalue weighted by Gasteiger charge is 2.45. The molecule has 0 aliphatic carbocycles. The van der Waals surface area contributed by atoms with E-state index in [1.807, 2.05) is 40.4 Å². The van der Waals surface area contributed by atoms with Crippen LogP contribution < -0.4 is 10.2 Å². The molecule has 18 heteroatoms. The number of benzene rings is 2. The second-order valence-corrected chi connectivity index (χ2v) is 20.1. The third kappa shape index (κ3) is 10.7. The molecule has 3 amide bonds. The molecule has 5 aliphatic rings. The maximum atomic E-state index is 13.0. The number of hydrogen-bond donors (Lipinski definition) is 1. The van der Waals surface area contributed by atoms with Gasteiger partial charge in [-0.3, -0.25) is 23.6 Å². The molecule has 0 spiro atoms. The molecule has 1 N–H and O–H groups in total. The lowest BCUT2D eigenvalue weighted by atomic mass is 10.1. The Morgan fingerprint density at radius 1 is 0.881 bits per heavy atom. The van der Waals surface area contributed by atoms with Crippen LogP contribution in [0, 0.1) is 6.92 Å². The van der Waals surface area contributed by atoms with Crippen LogP contribution in [-0.4, -0.2) is 161 Å². The number of ether oxygens (including phenoxy) is 1. The molecule has 0 radical (unpaired) electrons. The molecule has 1 aromatic heterocycles. The smallest absolute Gasteiger partial charge is 0.411 e. The van der Waals surface area contributed by atoms with Crippen molar-refractivity contribution < 1.29 is 33.1 Å². The Morgan fingerprint density at radius 3 is 2.17 bits per heavy atom. The molecule has 3 aromatic rings. The fourth-order valence-electron chi connectivity index (χ4n) is 7.97. The molecule has 5 aliphatic heterocycles. The van der Waals surface area contributed by atoms with E-state index in [0.717, 1.165) is 80.3 Å². The molecule has 4 atom stereocenters. The summed E-state index contributed by atoms with van der Waals surface area (Å²) in [4.78, 5) is 48.3. The van der Waals surface area contributed by atoms with Gasteiger partial charge in [0, 0.05) is 75.8 Å². The first-order chi connectivity index (χ1) is 28.6. The van der Waals surface area contributed by atoms with Crippen molar-refractivity contribution in [2.45, 2.75) is 75.3 Å². The van der Waals surface area contributed by atoms with Crippen LogP contribution in [0.5, 0.6) is 0 Å². The number of amides is 3. The number of nitrogens with zero attached hydrogens (tertiary/aromatic N) is 7. The van der Waals surface area contributed by atoms with E-state index in [1.54, 1.807) is 67.8 Å². The Balaban J connectivity index is 0.000000182. The third-order valence-corrected chi connectivity index (χ3v) is 14.2. The molecule has 0 saturated carbocycles. The molecule has 8 rings (SSSR count). The Kier molecular flexibility index (Phi) is 13.4. The van der Waals surface area contributed by atoms with E-state index >= 15 is 0 Å². The molecule has 6 heterocycles. The van der Waals surface area contributed by atoms with Gasteiger partial charge in [-0.25, -0.2) is 9.48 Å². The van der Waals surface area contributed by atoms with E-state index in [1.165, 1.54) is 17.0 Å². The number of rotatable bonds is 8. The number of aryl methyl sites for hydroxylation is 1. The summed E-state index contributed by atoms with van der Waals surface area (Å²) in [5.41, 5.74) is 1.25. The predicted octanol–water partition coefficient (Wildman–Crippen LogP) is 3.87. The van der Waals surface area contributed by atoms with Gasteiger partial charge in [-0.2, -0.15) is 13.5 Å². The van der Waals surface area contributed by atoms with Gasteiger partial charge in [0.15, 0.2) is 0 Å². The van der Waals surface area contributed by atoms with Crippen molar-refractivity contribution in [1.82, 2.24) is 34.7 Å². The normalized spacial score (nSPS) is 24.2. The van der Waals surface area contributed by atoms with Gasteiger partial charge in [-0.05, 0) is 58.4 Å². The quantitative estimate of drug-likeness (QED) is 0.327. The van der Waals surface area contributed by atoms with E-state index in [-0.39, 0.29) is 35.7 Å². The van der Waals surface area contributed by atoms with E-state index in [2.05, 4.69) is 21.2 Å². The van der Waals surface area contributed by atoms with Crippen LogP contribution in [0.15, 0.2) is 71.6 Å². The van der Waals surface area contributed by atoms with Crippen molar-refractivity contribution in [3.63, 3.8) is 0 Å². The maximum absolute atomic E-state index is 13.0. The van der Waals surface area contributed by atoms with Crippen molar-refractivity contribution in [2.75, 3.05) is 80.5 Å². The molecular weight excluding hydrogens is 813 g/mol. The van der Waals surface area contributed by atoms with Crippen LogP contribution in [0.3, 0.4) is 0 Å². The van der Waals surface area contributed by atoms with Crippen LogP contribution in [-0.2, 0) is 28.6 Å². The molecule has 59 heavy (non-hydrogen) atoms. The first-order valence-electron chi connectivity index (χ1n) is 20.7. The van der Waals surface area contributed by atoms with E-state index in [9.17, 15) is 22.8 Å². The van der Waals surface area contributed by atoms with Crippen molar-refractivity contribution in [3.05, 3.63) is 72.4 Å². The van der Waals surface area contributed by atoms with Gasteiger partial charge in [-0.1, -0.05) is 36.4 Å². The van der Waals surface area contributed by atoms with Crippen molar-refractivity contribution in [1.29, 1.82) is 0 Å². The minimum atomic E-state index is -4.00. The number of carbonyl (C=O) groups excluding carboxylic acids is 3. The number of nitrogens with one attached hydrogen (secondary N) is 1. The van der Waals surface area contributed by atoms with Gasteiger partial charge in [0.2, 0.25) is 11.8 Å². The van der Waals surface area contributed by atoms with Gasteiger partial charge >= 0.3 is 6.09 Å². The largest absolute Gasteiger partial charge is 0.444 e. The SMILES string of the molecule is CC(C)(C)OC(=O)N1C[C@@H](OS(=O)(=O)c2ccccc2)C[C@@H]1C(=O)N1CCSC1.[2H]c1ccc(-n2nc(C)cc2N2CCN([C@@H]3CN[C@H](C(=O)N4CCSC4)C3)CC2)cc1. The van der Waals surface area contributed by atoms with E-state index < -0.39 is 34.0 Å². The van der Waals surface area contributed by atoms with Crippen molar-refractivity contribution in [3.8, 4) is 5.69 Å². The first kappa shape index (κ1) is 41.9. The fraction of sp³-hybridized carbons (Fsp3) is 0.561. The van der Waals surface area contributed by atoms with Crippen LogP contribution in [0.2, 0.25) is 0 Å². The highest BCUT2D eigenvalue weighted by Crippen LogP contribution is 2.30. The third-order valence-electron chi connectivity index (χ3n) is 10.9. The van der Waals surface area contributed by atoms with Gasteiger partial charge in [0.1, 0.15) is 17.5 Å². The summed E-state index contributed by atoms with van der Waals surface area (Å²) in [7, 11) is -4.00. The van der Waals surface area contributed by atoms with Gasteiger partial charge in [-0.15, -0.1) is 23.5 Å². The summed E-state index contributed by atoms with van der Waals surface area (Å²) in [6.45, 7) is 13.5. The number of carbonyl (C=O) groups is 3. The van der Waals surface area contributed by atoms with E-state index in [0.29, 0.717) is 24.5 Å². The number of para-hydroxylation sites is 1. The lowest BCUT2D eigenvalue weighted by molar-refractivity contribution is -0.134. The number of thioether (sulfide) groups is 2. The molecule has 5 fully saturated rings. The molecule has 2 aromatic carbocycles. The number of likely N-dealkylation sites (tertiary alicyclic amines) is 1. The highest BCUT2D eigenvalue weighted by atomic mass is 32.2. The van der Waals surface area contributed by atoms with Crippen LogP contribution in [0.4, 0.5) is 10.6 Å².